The molecule has 1 aromatic heterocycles. The van der Waals surface area contributed by atoms with Gasteiger partial charge in [-0.25, -0.2) is 4.98 Å². The van der Waals surface area contributed by atoms with Crippen LogP contribution in [0.25, 0.3) is 11.4 Å². The van der Waals surface area contributed by atoms with Crippen LogP contribution in [0.3, 0.4) is 0 Å². The van der Waals surface area contributed by atoms with Gasteiger partial charge in [0.15, 0.2) is 5.78 Å². The molecule has 0 bridgehead atoms. The molecule has 0 saturated carbocycles. The fourth-order valence-electron chi connectivity index (χ4n) is 1.83. The van der Waals surface area contributed by atoms with E-state index in [9.17, 15) is 4.79 Å². The number of carbonyl (C=O) groups excluding carboxylic acids is 1. The van der Waals surface area contributed by atoms with E-state index < -0.39 is 0 Å². The molecule has 0 saturated heterocycles. The molecule has 0 fully saturated rings. The Balaban J connectivity index is 2.20. The Bertz CT molecular complexity index is 488. The zero-order valence-corrected chi connectivity index (χ0v) is 9.97. The minimum Gasteiger partial charge on any atom is -0.324 e. The fourth-order valence-corrected chi connectivity index (χ4v) is 1.83. The van der Waals surface area contributed by atoms with Crippen LogP contribution < -0.4 is 0 Å². The van der Waals surface area contributed by atoms with Crippen LogP contribution in [0.15, 0.2) is 42.7 Å². The van der Waals surface area contributed by atoms with Crippen LogP contribution in [0.5, 0.6) is 0 Å². The van der Waals surface area contributed by atoms with Gasteiger partial charge in [-0.05, 0) is 6.42 Å². The number of benzene rings is 1. The molecule has 2 rings (SSSR count). The number of carbonyl (C=O) groups is 1. The monoisotopic (exact) mass is 228 g/mol. The molecule has 0 aliphatic heterocycles. The summed E-state index contributed by atoms with van der Waals surface area (Å²) in [7, 11) is 0. The van der Waals surface area contributed by atoms with Crippen molar-refractivity contribution in [1.29, 1.82) is 0 Å². The molecule has 88 valence electrons. The molecule has 0 aliphatic rings. The van der Waals surface area contributed by atoms with Crippen molar-refractivity contribution in [3.05, 3.63) is 42.7 Å². The third-order valence-electron chi connectivity index (χ3n) is 2.62. The highest BCUT2D eigenvalue weighted by Gasteiger charge is 2.08. The van der Waals surface area contributed by atoms with Gasteiger partial charge in [0, 0.05) is 24.4 Å². The van der Waals surface area contributed by atoms with Crippen molar-refractivity contribution in [1.82, 2.24) is 9.55 Å². The van der Waals surface area contributed by atoms with E-state index >= 15 is 0 Å². The molecular formula is C14H16N2O. The van der Waals surface area contributed by atoms with Crippen LogP contribution in [0.1, 0.15) is 19.8 Å². The molecule has 0 atom stereocenters. The predicted octanol–water partition coefficient (Wildman–Crippen LogP) is 2.92. The van der Waals surface area contributed by atoms with E-state index in [0.29, 0.717) is 13.0 Å². The summed E-state index contributed by atoms with van der Waals surface area (Å²) < 4.78 is 1.91. The molecule has 1 heterocycles. The van der Waals surface area contributed by atoms with E-state index in [1.54, 1.807) is 6.20 Å². The van der Waals surface area contributed by atoms with Crippen LogP contribution in [0, 0.1) is 0 Å². The average molecular weight is 228 g/mol. The standard InChI is InChI=1S/C14H16N2O/c1-2-6-13(17)11-16-10-9-15-14(16)12-7-4-3-5-8-12/h3-5,7-10H,2,6,11H2,1H3. The second kappa shape index (κ2) is 5.43. The topological polar surface area (TPSA) is 34.9 Å². The van der Waals surface area contributed by atoms with Crippen LogP contribution >= 0.6 is 0 Å². The summed E-state index contributed by atoms with van der Waals surface area (Å²) in [6.45, 7) is 2.43. The number of hydrogen-bond donors (Lipinski definition) is 0. The maximum Gasteiger partial charge on any atom is 0.152 e. The zero-order valence-electron chi connectivity index (χ0n) is 9.97. The van der Waals surface area contributed by atoms with Crippen molar-refractivity contribution in [2.24, 2.45) is 0 Å². The second-order valence-corrected chi connectivity index (χ2v) is 4.03. The van der Waals surface area contributed by atoms with Crippen LogP contribution in [-0.4, -0.2) is 15.3 Å². The van der Waals surface area contributed by atoms with Crippen molar-refractivity contribution in [3.8, 4) is 11.4 Å². The third-order valence-corrected chi connectivity index (χ3v) is 2.62. The fraction of sp³-hybridized carbons (Fsp3) is 0.286. The Morgan fingerprint density at radius 1 is 1.29 bits per heavy atom. The smallest absolute Gasteiger partial charge is 0.152 e. The first-order chi connectivity index (χ1) is 8.31. The van der Waals surface area contributed by atoms with Gasteiger partial charge in [0.05, 0.1) is 6.54 Å². The van der Waals surface area contributed by atoms with Gasteiger partial charge >= 0.3 is 0 Å². The Kier molecular flexibility index (Phi) is 3.70. The van der Waals surface area contributed by atoms with E-state index in [-0.39, 0.29) is 5.78 Å². The highest BCUT2D eigenvalue weighted by atomic mass is 16.1. The molecule has 0 radical (unpaired) electrons. The lowest BCUT2D eigenvalue weighted by atomic mass is 10.2. The molecule has 2 aromatic rings. The number of imidazole rings is 1. The van der Waals surface area contributed by atoms with Crippen molar-refractivity contribution in [2.45, 2.75) is 26.3 Å². The van der Waals surface area contributed by atoms with Gasteiger partial charge in [0.2, 0.25) is 0 Å². The van der Waals surface area contributed by atoms with Crippen molar-refractivity contribution in [3.63, 3.8) is 0 Å². The Morgan fingerprint density at radius 2 is 2.06 bits per heavy atom. The highest BCUT2D eigenvalue weighted by molar-refractivity contribution is 5.78. The summed E-state index contributed by atoms with van der Waals surface area (Å²) in [4.78, 5) is 16.0. The third kappa shape index (κ3) is 2.81. The summed E-state index contributed by atoms with van der Waals surface area (Å²) >= 11 is 0. The normalized spacial score (nSPS) is 10.4. The molecule has 0 aliphatic carbocycles. The maximum atomic E-state index is 11.6. The van der Waals surface area contributed by atoms with Crippen molar-refractivity contribution >= 4 is 5.78 Å². The van der Waals surface area contributed by atoms with Gasteiger partial charge in [0.25, 0.3) is 0 Å². The van der Waals surface area contributed by atoms with Crippen LogP contribution in [0.2, 0.25) is 0 Å². The molecule has 3 heteroatoms. The molecule has 0 amide bonds. The van der Waals surface area contributed by atoms with E-state index in [2.05, 4.69) is 4.98 Å². The van der Waals surface area contributed by atoms with E-state index in [4.69, 9.17) is 0 Å². The summed E-state index contributed by atoms with van der Waals surface area (Å²) in [5, 5.41) is 0. The van der Waals surface area contributed by atoms with E-state index in [0.717, 1.165) is 17.8 Å². The summed E-state index contributed by atoms with van der Waals surface area (Å²) in [6.07, 6.45) is 5.12. The van der Waals surface area contributed by atoms with Crippen LogP contribution in [0.4, 0.5) is 0 Å². The van der Waals surface area contributed by atoms with Gasteiger partial charge in [-0.1, -0.05) is 37.3 Å². The van der Waals surface area contributed by atoms with Gasteiger partial charge < -0.3 is 4.57 Å². The van der Waals surface area contributed by atoms with Gasteiger partial charge in [-0.15, -0.1) is 0 Å². The van der Waals surface area contributed by atoms with E-state index in [1.165, 1.54) is 0 Å². The molecule has 1 aromatic carbocycles. The Morgan fingerprint density at radius 3 is 2.76 bits per heavy atom. The average Bonchev–Trinajstić information content (AvgIpc) is 2.78. The predicted molar refractivity (Wildman–Crippen MR) is 67.6 cm³/mol. The number of nitrogens with zero attached hydrogens (tertiary/aromatic N) is 2. The summed E-state index contributed by atoms with van der Waals surface area (Å²) in [5.74, 6) is 1.11. The first-order valence-electron chi connectivity index (χ1n) is 5.89. The summed E-state index contributed by atoms with van der Waals surface area (Å²) in [5.41, 5.74) is 1.04. The number of ketones is 1. The molecule has 0 N–H and O–H groups in total. The van der Waals surface area contributed by atoms with Gasteiger partial charge in [0.1, 0.15) is 5.82 Å². The van der Waals surface area contributed by atoms with Gasteiger partial charge in [-0.2, -0.15) is 0 Å². The first-order valence-corrected chi connectivity index (χ1v) is 5.89. The van der Waals surface area contributed by atoms with Crippen LogP contribution in [-0.2, 0) is 11.3 Å². The maximum absolute atomic E-state index is 11.6. The van der Waals surface area contributed by atoms with E-state index in [1.807, 2.05) is 48.0 Å². The first kappa shape index (κ1) is 11.6. The minimum absolute atomic E-state index is 0.252. The number of Topliss-reactive ketones (excluding diaryl/α,β-unsaturated/α-hetero) is 1. The largest absolute Gasteiger partial charge is 0.324 e. The molecule has 17 heavy (non-hydrogen) atoms. The quantitative estimate of drug-likeness (QED) is 0.788. The Labute approximate surface area is 101 Å². The molecule has 0 unspecified atom stereocenters. The molecule has 0 spiro atoms. The Hall–Kier alpha value is -1.90. The summed E-state index contributed by atoms with van der Waals surface area (Å²) in [6, 6.07) is 9.93. The molecule has 3 nitrogen and oxygen atoms in total. The van der Waals surface area contributed by atoms with Crippen molar-refractivity contribution in [2.75, 3.05) is 0 Å². The lowest BCUT2D eigenvalue weighted by molar-refractivity contribution is -0.119. The zero-order chi connectivity index (χ0) is 12.1. The number of rotatable bonds is 5. The minimum atomic E-state index is 0.252. The van der Waals surface area contributed by atoms with Crippen molar-refractivity contribution < 1.29 is 4.79 Å². The highest BCUT2D eigenvalue weighted by Crippen LogP contribution is 2.16. The van der Waals surface area contributed by atoms with Gasteiger partial charge in [-0.3, -0.25) is 4.79 Å². The lowest BCUT2D eigenvalue weighted by Gasteiger charge is -2.06. The number of hydrogen-bond acceptors (Lipinski definition) is 2. The number of aromatic nitrogens is 2. The SMILES string of the molecule is CCCC(=O)Cn1ccnc1-c1ccccc1. The lowest BCUT2D eigenvalue weighted by Crippen LogP contribution is -2.09. The molecular weight excluding hydrogens is 212 g/mol. The second-order valence-electron chi connectivity index (χ2n) is 4.03.